The molecule has 0 radical (unpaired) electrons. The molecular weight excluding hydrogens is 378 g/mol. The minimum absolute atomic E-state index is 0.00886. The summed E-state index contributed by atoms with van der Waals surface area (Å²) in [6.07, 6.45) is 6.99. The summed E-state index contributed by atoms with van der Waals surface area (Å²) in [5.41, 5.74) is 2.06. The van der Waals surface area contributed by atoms with Crippen LogP contribution in [0.5, 0.6) is 11.5 Å². The SMILES string of the molecule is O=C(/C=C/c1cc(Cl)c2c(c1)OCCO2)N1CCN(Cc2ccncc2)CC1. The van der Waals surface area contributed by atoms with Gasteiger partial charge in [0.15, 0.2) is 11.5 Å². The first-order valence-electron chi connectivity index (χ1n) is 9.36. The first kappa shape index (κ1) is 18.8. The van der Waals surface area contributed by atoms with Crippen LogP contribution in [0, 0.1) is 0 Å². The van der Waals surface area contributed by atoms with Gasteiger partial charge < -0.3 is 14.4 Å². The number of amides is 1. The van der Waals surface area contributed by atoms with Crippen molar-refractivity contribution in [1.82, 2.24) is 14.8 Å². The molecule has 1 saturated heterocycles. The average Bonchev–Trinajstić information content (AvgIpc) is 2.73. The van der Waals surface area contributed by atoms with Gasteiger partial charge in [-0.1, -0.05) is 11.6 Å². The number of rotatable bonds is 4. The van der Waals surface area contributed by atoms with Crippen LogP contribution in [0.2, 0.25) is 5.02 Å². The van der Waals surface area contributed by atoms with Crippen LogP contribution in [0.3, 0.4) is 0 Å². The Balaban J connectivity index is 1.33. The molecule has 0 unspecified atom stereocenters. The fourth-order valence-corrected chi connectivity index (χ4v) is 3.65. The average molecular weight is 400 g/mol. The van der Waals surface area contributed by atoms with E-state index in [9.17, 15) is 4.79 Å². The molecule has 2 aromatic rings. The summed E-state index contributed by atoms with van der Waals surface area (Å²) in [5, 5.41) is 0.494. The molecule has 146 valence electrons. The Bertz CT molecular complexity index is 865. The minimum atomic E-state index is 0.00886. The van der Waals surface area contributed by atoms with Gasteiger partial charge in [0.25, 0.3) is 0 Å². The Hall–Kier alpha value is -2.57. The molecule has 2 aliphatic heterocycles. The molecule has 6 nitrogen and oxygen atoms in total. The van der Waals surface area contributed by atoms with Gasteiger partial charge in [-0.05, 0) is 41.5 Å². The maximum atomic E-state index is 12.5. The van der Waals surface area contributed by atoms with Crippen molar-refractivity contribution < 1.29 is 14.3 Å². The number of halogens is 1. The lowest BCUT2D eigenvalue weighted by Gasteiger charge is -2.34. The van der Waals surface area contributed by atoms with Crippen LogP contribution in [0.1, 0.15) is 11.1 Å². The van der Waals surface area contributed by atoms with Crippen LogP contribution in [0.15, 0.2) is 42.7 Å². The number of pyridine rings is 1. The number of carbonyl (C=O) groups excluding carboxylic acids is 1. The second-order valence-electron chi connectivity index (χ2n) is 6.82. The largest absolute Gasteiger partial charge is 0.486 e. The van der Waals surface area contributed by atoms with Gasteiger partial charge in [-0.15, -0.1) is 0 Å². The van der Waals surface area contributed by atoms with Gasteiger partial charge in [-0.2, -0.15) is 0 Å². The highest BCUT2D eigenvalue weighted by atomic mass is 35.5. The molecule has 7 heteroatoms. The minimum Gasteiger partial charge on any atom is -0.486 e. The van der Waals surface area contributed by atoms with E-state index < -0.39 is 0 Å². The molecular formula is C21H22ClN3O3. The molecule has 0 spiro atoms. The number of ether oxygens (including phenoxy) is 2. The maximum absolute atomic E-state index is 12.5. The summed E-state index contributed by atoms with van der Waals surface area (Å²) < 4.78 is 11.1. The monoisotopic (exact) mass is 399 g/mol. The van der Waals surface area contributed by atoms with E-state index in [1.54, 1.807) is 18.2 Å². The Morgan fingerprint density at radius 3 is 2.64 bits per heavy atom. The standard InChI is InChI=1S/C21H22ClN3O3/c22-18-13-17(14-19-21(18)28-12-11-27-19)1-2-20(26)25-9-7-24(8-10-25)15-16-3-5-23-6-4-16/h1-6,13-14H,7-12,15H2/b2-1+. The zero-order valence-corrected chi connectivity index (χ0v) is 16.3. The number of hydrogen-bond acceptors (Lipinski definition) is 5. The summed E-state index contributed by atoms with van der Waals surface area (Å²) >= 11 is 6.25. The van der Waals surface area contributed by atoms with E-state index in [1.165, 1.54) is 5.56 Å². The highest BCUT2D eigenvalue weighted by Crippen LogP contribution is 2.38. The third-order valence-electron chi connectivity index (χ3n) is 4.88. The molecule has 1 amide bonds. The van der Waals surface area contributed by atoms with Crippen LogP contribution in [0.25, 0.3) is 6.08 Å². The molecule has 1 fully saturated rings. The summed E-state index contributed by atoms with van der Waals surface area (Å²) in [7, 11) is 0. The molecule has 2 aliphatic rings. The molecule has 0 saturated carbocycles. The second-order valence-corrected chi connectivity index (χ2v) is 7.22. The van der Waals surface area contributed by atoms with Crippen LogP contribution in [-0.2, 0) is 11.3 Å². The van der Waals surface area contributed by atoms with Crippen LogP contribution < -0.4 is 9.47 Å². The van der Waals surface area contributed by atoms with Gasteiger partial charge in [-0.25, -0.2) is 0 Å². The Morgan fingerprint density at radius 1 is 1.11 bits per heavy atom. The Morgan fingerprint density at radius 2 is 1.86 bits per heavy atom. The third kappa shape index (κ3) is 4.46. The maximum Gasteiger partial charge on any atom is 0.246 e. The van der Waals surface area contributed by atoms with Crippen molar-refractivity contribution in [3.05, 3.63) is 58.9 Å². The number of hydrogen-bond donors (Lipinski definition) is 0. The molecule has 3 heterocycles. The normalized spacial score (nSPS) is 17.1. The van der Waals surface area contributed by atoms with Gasteiger partial charge in [0, 0.05) is 51.2 Å². The molecule has 0 N–H and O–H groups in total. The first-order chi connectivity index (χ1) is 13.7. The van der Waals surface area contributed by atoms with E-state index in [2.05, 4.69) is 9.88 Å². The quantitative estimate of drug-likeness (QED) is 0.740. The van der Waals surface area contributed by atoms with E-state index in [4.69, 9.17) is 21.1 Å². The van der Waals surface area contributed by atoms with Gasteiger partial charge in [0.2, 0.25) is 5.91 Å². The highest BCUT2D eigenvalue weighted by Gasteiger charge is 2.20. The topological polar surface area (TPSA) is 54.9 Å². The summed E-state index contributed by atoms with van der Waals surface area (Å²) in [6.45, 7) is 5.03. The molecule has 1 aromatic carbocycles. The lowest BCUT2D eigenvalue weighted by atomic mass is 10.1. The Kier molecular flexibility index (Phi) is 5.78. The van der Waals surface area contributed by atoms with E-state index >= 15 is 0 Å². The number of aromatic nitrogens is 1. The van der Waals surface area contributed by atoms with Crippen molar-refractivity contribution in [3.8, 4) is 11.5 Å². The fourth-order valence-electron chi connectivity index (χ4n) is 3.37. The van der Waals surface area contributed by atoms with Gasteiger partial charge in [0.05, 0.1) is 5.02 Å². The lowest BCUT2D eigenvalue weighted by molar-refractivity contribution is -0.127. The van der Waals surface area contributed by atoms with Crippen molar-refractivity contribution in [1.29, 1.82) is 0 Å². The van der Waals surface area contributed by atoms with Crippen molar-refractivity contribution in [2.24, 2.45) is 0 Å². The molecule has 0 bridgehead atoms. The second kappa shape index (κ2) is 8.63. The summed E-state index contributed by atoms with van der Waals surface area (Å²) in [6, 6.07) is 7.68. The number of benzene rings is 1. The van der Waals surface area contributed by atoms with Gasteiger partial charge in [-0.3, -0.25) is 14.7 Å². The molecule has 1 aromatic heterocycles. The molecule has 28 heavy (non-hydrogen) atoms. The van der Waals surface area contributed by atoms with E-state index in [-0.39, 0.29) is 5.91 Å². The number of fused-ring (bicyclic) bond motifs is 1. The van der Waals surface area contributed by atoms with E-state index in [1.807, 2.05) is 35.5 Å². The zero-order valence-electron chi connectivity index (χ0n) is 15.5. The number of piperazine rings is 1. The van der Waals surface area contributed by atoms with Crippen molar-refractivity contribution in [2.45, 2.75) is 6.54 Å². The predicted octanol–water partition coefficient (Wildman–Crippen LogP) is 2.86. The van der Waals surface area contributed by atoms with Gasteiger partial charge in [0.1, 0.15) is 13.2 Å². The van der Waals surface area contributed by atoms with Crippen molar-refractivity contribution in [2.75, 3.05) is 39.4 Å². The third-order valence-corrected chi connectivity index (χ3v) is 5.16. The molecule has 4 rings (SSSR count). The highest BCUT2D eigenvalue weighted by molar-refractivity contribution is 6.32. The lowest BCUT2D eigenvalue weighted by Crippen LogP contribution is -2.47. The fraction of sp³-hybridized carbons (Fsp3) is 0.333. The smallest absolute Gasteiger partial charge is 0.246 e. The summed E-state index contributed by atoms with van der Waals surface area (Å²) in [4.78, 5) is 20.8. The van der Waals surface area contributed by atoms with Crippen molar-refractivity contribution >= 4 is 23.6 Å². The first-order valence-corrected chi connectivity index (χ1v) is 9.74. The van der Waals surface area contributed by atoms with Crippen molar-refractivity contribution in [3.63, 3.8) is 0 Å². The van der Waals surface area contributed by atoms with Crippen LogP contribution in [-0.4, -0.2) is 60.1 Å². The zero-order chi connectivity index (χ0) is 19.3. The number of nitrogens with zero attached hydrogens (tertiary/aromatic N) is 3. The van der Waals surface area contributed by atoms with Crippen LogP contribution in [0.4, 0.5) is 0 Å². The number of carbonyl (C=O) groups is 1. The summed E-state index contributed by atoms with van der Waals surface area (Å²) in [5.74, 6) is 1.20. The van der Waals surface area contributed by atoms with E-state index in [0.29, 0.717) is 29.7 Å². The molecule has 0 atom stereocenters. The van der Waals surface area contributed by atoms with E-state index in [0.717, 1.165) is 38.3 Å². The molecule has 0 aliphatic carbocycles. The Labute approximate surface area is 169 Å². The van der Waals surface area contributed by atoms with Gasteiger partial charge >= 0.3 is 0 Å². The van der Waals surface area contributed by atoms with Crippen LogP contribution >= 0.6 is 11.6 Å². The predicted molar refractivity (Wildman–Crippen MR) is 108 cm³/mol.